The Hall–Kier alpha value is -1.73. The molecule has 3 aromatic rings. The second kappa shape index (κ2) is 4.51. The maximum atomic E-state index is 6.15. The lowest BCUT2D eigenvalue weighted by molar-refractivity contribution is 0.301. The predicted molar refractivity (Wildman–Crippen MR) is 68.8 cm³/mol. The van der Waals surface area contributed by atoms with Gasteiger partial charge in [-0.25, -0.2) is 4.63 Å². The van der Waals surface area contributed by atoms with Crippen LogP contribution in [-0.2, 0) is 6.54 Å². The standard InChI is InChI=1S/C10H8ClN5OS/c1-5-8(14-17-13-5)4-12-9-6(11)2-3-7-10(9)16-18-15-7/h2-3,12H,4H2,1H3. The Morgan fingerprint density at radius 3 is 3.00 bits per heavy atom. The fourth-order valence-corrected chi connectivity index (χ4v) is 2.34. The van der Waals surface area contributed by atoms with Crippen LogP contribution in [0.3, 0.4) is 0 Å². The quantitative estimate of drug-likeness (QED) is 0.795. The maximum Gasteiger partial charge on any atom is 0.129 e. The smallest absolute Gasteiger partial charge is 0.129 e. The van der Waals surface area contributed by atoms with Crippen LogP contribution in [0, 0.1) is 6.92 Å². The highest BCUT2D eigenvalue weighted by Crippen LogP contribution is 2.30. The van der Waals surface area contributed by atoms with Gasteiger partial charge in [-0.1, -0.05) is 21.9 Å². The monoisotopic (exact) mass is 281 g/mol. The van der Waals surface area contributed by atoms with Crippen molar-refractivity contribution in [1.29, 1.82) is 0 Å². The van der Waals surface area contributed by atoms with Crippen molar-refractivity contribution in [3.63, 3.8) is 0 Å². The molecule has 0 amide bonds. The Kier molecular flexibility index (Phi) is 2.85. The van der Waals surface area contributed by atoms with Crippen LogP contribution >= 0.6 is 23.3 Å². The molecular formula is C10H8ClN5OS. The Morgan fingerprint density at radius 1 is 1.33 bits per heavy atom. The van der Waals surface area contributed by atoms with E-state index in [-0.39, 0.29) is 0 Å². The zero-order valence-corrected chi connectivity index (χ0v) is 10.9. The summed E-state index contributed by atoms with van der Waals surface area (Å²) in [7, 11) is 0. The van der Waals surface area contributed by atoms with Gasteiger partial charge in [0.1, 0.15) is 22.4 Å². The lowest BCUT2D eigenvalue weighted by Gasteiger charge is -2.06. The van der Waals surface area contributed by atoms with Crippen LogP contribution in [0.1, 0.15) is 11.4 Å². The maximum absolute atomic E-state index is 6.15. The van der Waals surface area contributed by atoms with E-state index >= 15 is 0 Å². The molecule has 2 heterocycles. The molecule has 18 heavy (non-hydrogen) atoms. The molecule has 0 unspecified atom stereocenters. The minimum Gasteiger partial charge on any atom is -0.376 e. The third-order valence-corrected chi connectivity index (χ3v) is 3.41. The van der Waals surface area contributed by atoms with Crippen LogP contribution < -0.4 is 5.32 Å². The summed E-state index contributed by atoms with van der Waals surface area (Å²) < 4.78 is 13.0. The molecule has 2 aromatic heterocycles. The minimum atomic E-state index is 0.478. The van der Waals surface area contributed by atoms with E-state index in [0.717, 1.165) is 39.8 Å². The van der Waals surface area contributed by atoms with E-state index in [2.05, 4.69) is 29.0 Å². The molecule has 6 nitrogen and oxygen atoms in total. The van der Waals surface area contributed by atoms with Gasteiger partial charge in [0.25, 0.3) is 0 Å². The Balaban J connectivity index is 1.92. The van der Waals surface area contributed by atoms with Crippen molar-refractivity contribution in [2.75, 3.05) is 5.32 Å². The van der Waals surface area contributed by atoms with Gasteiger partial charge in [0.15, 0.2) is 0 Å². The Bertz CT molecular complexity index is 694. The molecule has 0 atom stereocenters. The van der Waals surface area contributed by atoms with Crippen LogP contribution in [0.2, 0.25) is 5.02 Å². The van der Waals surface area contributed by atoms with Crippen molar-refractivity contribution in [2.24, 2.45) is 0 Å². The van der Waals surface area contributed by atoms with E-state index < -0.39 is 0 Å². The third-order valence-electron chi connectivity index (χ3n) is 2.56. The molecule has 0 aliphatic heterocycles. The van der Waals surface area contributed by atoms with Gasteiger partial charge in [-0.3, -0.25) is 0 Å². The number of nitrogens with zero attached hydrogens (tertiary/aromatic N) is 4. The molecule has 8 heteroatoms. The van der Waals surface area contributed by atoms with Gasteiger partial charge < -0.3 is 5.32 Å². The fraction of sp³-hybridized carbons (Fsp3) is 0.200. The van der Waals surface area contributed by atoms with Crippen LogP contribution in [0.5, 0.6) is 0 Å². The summed E-state index contributed by atoms with van der Waals surface area (Å²) in [6.07, 6.45) is 0. The number of hydrogen-bond acceptors (Lipinski definition) is 7. The first-order valence-electron chi connectivity index (χ1n) is 5.18. The Morgan fingerprint density at radius 2 is 2.22 bits per heavy atom. The number of aromatic nitrogens is 4. The first kappa shape index (κ1) is 11.4. The molecule has 0 bridgehead atoms. The largest absolute Gasteiger partial charge is 0.376 e. The van der Waals surface area contributed by atoms with E-state index in [0.29, 0.717) is 11.6 Å². The first-order chi connectivity index (χ1) is 8.75. The highest BCUT2D eigenvalue weighted by atomic mass is 35.5. The third kappa shape index (κ3) is 1.91. The van der Waals surface area contributed by atoms with Gasteiger partial charge in [-0.2, -0.15) is 8.75 Å². The van der Waals surface area contributed by atoms with Crippen LogP contribution in [0.15, 0.2) is 16.8 Å². The first-order valence-corrected chi connectivity index (χ1v) is 6.29. The van der Waals surface area contributed by atoms with Crippen molar-refractivity contribution in [2.45, 2.75) is 13.5 Å². The zero-order valence-electron chi connectivity index (χ0n) is 9.35. The number of benzene rings is 1. The van der Waals surface area contributed by atoms with Gasteiger partial charge >= 0.3 is 0 Å². The van der Waals surface area contributed by atoms with Gasteiger partial charge in [0.05, 0.1) is 29.0 Å². The summed E-state index contributed by atoms with van der Waals surface area (Å²) in [6.45, 7) is 2.31. The number of hydrogen-bond donors (Lipinski definition) is 1. The Labute approximate surface area is 111 Å². The second-order valence-electron chi connectivity index (χ2n) is 3.70. The molecule has 92 valence electrons. The molecular weight excluding hydrogens is 274 g/mol. The van der Waals surface area contributed by atoms with Crippen LogP contribution in [-0.4, -0.2) is 19.1 Å². The summed E-state index contributed by atoms with van der Waals surface area (Å²) in [5.74, 6) is 0. The fourth-order valence-electron chi connectivity index (χ4n) is 1.58. The van der Waals surface area contributed by atoms with Crippen molar-refractivity contribution < 1.29 is 4.63 Å². The molecule has 1 N–H and O–H groups in total. The normalized spacial score (nSPS) is 11.0. The topological polar surface area (TPSA) is 76.7 Å². The van der Waals surface area contributed by atoms with Gasteiger partial charge in [-0.05, 0) is 19.1 Å². The van der Waals surface area contributed by atoms with Gasteiger partial charge in [-0.15, -0.1) is 0 Å². The molecule has 0 aliphatic carbocycles. The van der Waals surface area contributed by atoms with Crippen molar-refractivity contribution >= 4 is 40.0 Å². The minimum absolute atomic E-state index is 0.478. The van der Waals surface area contributed by atoms with E-state index in [1.807, 2.05) is 13.0 Å². The van der Waals surface area contributed by atoms with Gasteiger partial charge in [0, 0.05) is 0 Å². The molecule has 3 rings (SSSR count). The van der Waals surface area contributed by atoms with Crippen LogP contribution in [0.25, 0.3) is 11.0 Å². The number of rotatable bonds is 3. The van der Waals surface area contributed by atoms with Crippen molar-refractivity contribution in [3.8, 4) is 0 Å². The lowest BCUT2D eigenvalue weighted by atomic mass is 10.2. The molecule has 0 radical (unpaired) electrons. The van der Waals surface area contributed by atoms with E-state index in [1.165, 1.54) is 0 Å². The number of halogens is 1. The molecule has 0 fully saturated rings. The van der Waals surface area contributed by atoms with Crippen LogP contribution in [0.4, 0.5) is 5.69 Å². The van der Waals surface area contributed by atoms with E-state index in [4.69, 9.17) is 11.6 Å². The summed E-state index contributed by atoms with van der Waals surface area (Å²) in [5, 5.41) is 11.3. The molecule has 1 aromatic carbocycles. The lowest BCUT2D eigenvalue weighted by Crippen LogP contribution is -2.02. The summed E-state index contributed by atoms with van der Waals surface area (Å²) in [6, 6.07) is 3.64. The average Bonchev–Trinajstić information content (AvgIpc) is 2.97. The zero-order chi connectivity index (χ0) is 12.5. The van der Waals surface area contributed by atoms with Gasteiger partial charge in [0.2, 0.25) is 0 Å². The number of anilines is 1. The number of nitrogens with one attached hydrogen (secondary N) is 1. The molecule has 0 spiro atoms. The van der Waals surface area contributed by atoms with Crippen molar-refractivity contribution in [1.82, 2.24) is 19.1 Å². The highest BCUT2D eigenvalue weighted by Gasteiger charge is 2.11. The predicted octanol–water partition coefficient (Wildman–Crippen LogP) is 2.65. The van der Waals surface area contributed by atoms with E-state index in [9.17, 15) is 0 Å². The number of fused-ring (bicyclic) bond motifs is 1. The van der Waals surface area contributed by atoms with Crippen molar-refractivity contribution in [3.05, 3.63) is 28.5 Å². The molecule has 0 saturated heterocycles. The summed E-state index contributed by atoms with van der Waals surface area (Å²) in [4.78, 5) is 0. The van der Waals surface area contributed by atoms with E-state index in [1.54, 1.807) is 6.07 Å². The average molecular weight is 282 g/mol. The molecule has 0 saturated carbocycles. The second-order valence-corrected chi connectivity index (χ2v) is 4.64. The SMILES string of the molecule is Cc1nonc1CNc1c(Cl)ccc2nsnc12. The summed E-state index contributed by atoms with van der Waals surface area (Å²) >= 11 is 7.31. The summed E-state index contributed by atoms with van der Waals surface area (Å²) in [5.41, 5.74) is 3.84. The number of aryl methyl sites for hydroxylation is 1. The molecule has 0 aliphatic rings. The highest BCUT2D eigenvalue weighted by molar-refractivity contribution is 7.00.